The van der Waals surface area contributed by atoms with Crippen LogP contribution in [0.3, 0.4) is 0 Å². The minimum Gasteiger partial charge on any atom is -0.465 e. The molecule has 1 N–H and O–H groups in total. The number of carbonyl (C=O) groups is 1. The molecule has 4 heteroatoms. The van der Waals surface area contributed by atoms with Gasteiger partial charge in [-0.3, -0.25) is 0 Å². The average molecular weight is 282 g/mol. The summed E-state index contributed by atoms with van der Waals surface area (Å²) in [5.41, 5.74) is 2.56. The average Bonchev–Trinajstić information content (AvgIpc) is 2.96. The van der Waals surface area contributed by atoms with Crippen molar-refractivity contribution >= 4 is 16.9 Å². The molecule has 0 spiro atoms. The van der Waals surface area contributed by atoms with Gasteiger partial charge < -0.3 is 14.6 Å². The second kappa shape index (κ2) is 4.81. The molecule has 3 rings (SSSR count). The van der Waals surface area contributed by atoms with Gasteiger partial charge in [-0.15, -0.1) is 0 Å². The number of ether oxygens (including phenoxy) is 1. The molecule has 0 aliphatic carbocycles. The van der Waals surface area contributed by atoms with E-state index in [0.717, 1.165) is 5.52 Å². The zero-order valence-corrected chi connectivity index (χ0v) is 12.4. The number of aromatic amines is 1. The number of esters is 1. The molecule has 1 aromatic carbocycles. The van der Waals surface area contributed by atoms with E-state index in [-0.39, 0.29) is 11.5 Å². The lowest BCUT2D eigenvalue weighted by Crippen LogP contribution is -2.38. The molecule has 21 heavy (non-hydrogen) atoms. The van der Waals surface area contributed by atoms with Crippen molar-refractivity contribution in [1.82, 2.24) is 9.88 Å². The number of H-pyrrole nitrogens is 1. The summed E-state index contributed by atoms with van der Waals surface area (Å²) in [5.74, 6) is -0.318. The molecule has 2 aromatic rings. The lowest BCUT2D eigenvalue weighted by atomic mass is 9.87. The molecular formula is C17H18N2O2. The quantitative estimate of drug-likeness (QED) is 0.861. The van der Waals surface area contributed by atoms with Gasteiger partial charge in [0.2, 0.25) is 0 Å². The normalized spacial score (nSPS) is 21.5. The Morgan fingerprint density at radius 1 is 1.33 bits per heavy atom. The maximum atomic E-state index is 11.6. The van der Waals surface area contributed by atoms with Crippen molar-refractivity contribution in [3.8, 4) is 0 Å². The molecule has 4 nitrogen and oxygen atoms in total. The topological polar surface area (TPSA) is 45.3 Å². The maximum absolute atomic E-state index is 11.6. The van der Waals surface area contributed by atoms with E-state index in [9.17, 15) is 4.79 Å². The minimum atomic E-state index is -0.318. The molecule has 1 aliphatic heterocycles. The number of nitrogens with zero attached hydrogens (tertiary/aromatic N) is 1. The summed E-state index contributed by atoms with van der Waals surface area (Å²) in [4.78, 5) is 16.9. The number of hydrogen-bond acceptors (Lipinski definition) is 3. The number of nitrogens with one attached hydrogen (secondary N) is 1. The predicted molar refractivity (Wildman–Crippen MR) is 82.7 cm³/mol. The fourth-order valence-electron chi connectivity index (χ4n) is 2.66. The van der Waals surface area contributed by atoms with E-state index < -0.39 is 0 Å². The third-order valence-electron chi connectivity index (χ3n) is 4.21. The first-order valence-electron chi connectivity index (χ1n) is 6.84. The lowest BCUT2D eigenvalue weighted by molar-refractivity contribution is -0.135. The van der Waals surface area contributed by atoms with Crippen LogP contribution in [0.25, 0.3) is 10.9 Å². The van der Waals surface area contributed by atoms with Crippen LogP contribution in [-0.4, -0.2) is 30.0 Å². The van der Waals surface area contributed by atoms with E-state index in [1.165, 1.54) is 18.1 Å². The number of carbonyl (C=O) groups excluding carboxylic acids is 1. The van der Waals surface area contributed by atoms with Crippen LogP contribution in [0, 0.1) is 0 Å². The maximum Gasteiger partial charge on any atom is 0.339 e. The Morgan fingerprint density at radius 2 is 2.14 bits per heavy atom. The van der Waals surface area contributed by atoms with Gasteiger partial charge in [-0.25, -0.2) is 4.79 Å². The van der Waals surface area contributed by atoms with Gasteiger partial charge >= 0.3 is 5.97 Å². The van der Waals surface area contributed by atoms with Gasteiger partial charge in [0.15, 0.2) is 0 Å². The number of fused-ring (bicyclic) bond motifs is 1. The monoisotopic (exact) mass is 282 g/mol. The highest BCUT2D eigenvalue weighted by atomic mass is 16.5. The Labute approximate surface area is 123 Å². The molecule has 1 aromatic heterocycles. The van der Waals surface area contributed by atoms with E-state index >= 15 is 0 Å². The van der Waals surface area contributed by atoms with Crippen LogP contribution in [0.4, 0.5) is 0 Å². The molecular weight excluding hydrogens is 264 g/mol. The van der Waals surface area contributed by atoms with Gasteiger partial charge in [0.1, 0.15) is 0 Å². The highest BCUT2D eigenvalue weighted by molar-refractivity contribution is 5.91. The summed E-state index contributed by atoms with van der Waals surface area (Å²) in [6.07, 6.45) is 7.62. The largest absolute Gasteiger partial charge is 0.465 e. The summed E-state index contributed by atoms with van der Waals surface area (Å²) < 4.78 is 4.77. The summed E-state index contributed by atoms with van der Waals surface area (Å²) in [5, 5.41) is 1.18. The van der Waals surface area contributed by atoms with Crippen LogP contribution < -0.4 is 0 Å². The first-order chi connectivity index (χ1) is 10.0. The zero-order chi connectivity index (χ0) is 15.0. The Morgan fingerprint density at radius 3 is 2.86 bits per heavy atom. The van der Waals surface area contributed by atoms with E-state index in [1.54, 1.807) is 0 Å². The van der Waals surface area contributed by atoms with Crippen LogP contribution in [0.2, 0.25) is 0 Å². The molecule has 0 fully saturated rings. The molecule has 0 bridgehead atoms. The lowest BCUT2D eigenvalue weighted by Gasteiger charge is -2.39. The Bertz CT molecular complexity index is 757. The smallest absolute Gasteiger partial charge is 0.339 e. The van der Waals surface area contributed by atoms with Gasteiger partial charge in [0, 0.05) is 25.0 Å². The van der Waals surface area contributed by atoms with Crippen molar-refractivity contribution in [1.29, 1.82) is 0 Å². The number of likely N-dealkylation sites (N-methyl/N-ethyl adjacent to an activating group) is 1. The van der Waals surface area contributed by atoms with Crippen LogP contribution in [0.5, 0.6) is 0 Å². The highest BCUT2D eigenvalue weighted by Crippen LogP contribution is 2.34. The second-order valence-corrected chi connectivity index (χ2v) is 5.45. The molecule has 0 saturated heterocycles. The summed E-state index contributed by atoms with van der Waals surface area (Å²) in [6.45, 7) is 2.13. The van der Waals surface area contributed by atoms with E-state index in [1.807, 2.05) is 36.5 Å². The van der Waals surface area contributed by atoms with Gasteiger partial charge in [0.25, 0.3) is 0 Å². The third-order valence-corrected chi connectivity index (χ3v) is 4.21. The van der Waals surface area contributed by atoms with Crippen molar-refractivity contribution in [3.63, 3.8) is 0 Å². The molecule has 1 atom stereocenters. The predicted octanol–water partition coefficient (Wildman–Crippen LogP) is 2.94. The summed E-state index contributed by atoms with van der Waals surface area (Å²) in [6, 6.07) is 8.42. The summed E-state index contributed by atoms with van der Waals surface area (Å²) in [7, 11) is 3.36. The summed E-state index contributed by atoms with van der Waals surface area (Å²) >= 11 is 0. The fraction of sp³-hybridized carbons (Fsp3) is 0.235. The molecule has 0 radical (unpaired) electrons. The van der Waals surface area contributed by atoms with Crippen LogP contribution in [0.1, 0.15) is 12.5 Å². The fourth-order valence-corrected chi connectivity index (χ4v) is 2.66. The number of rotatable bonds is 2. The highest BCUT2D eigenvalue weighted by Gasteiger charge is 2.31. The molecule has 0 unspecified atom stereocenters. The molecule has 0 amide bonds. The SMILES string of the molecule is COC(=O)C1=CN(C)[C@@](C)(c2ccc3[nH]ccc3c2)C=C1. The Hall–Kier alpha value is -2.49. The number of methoxy groups -OCH3 is 1. The van der Waals surface area contributed by atoms with E-state index in [4.69, 9.17) is 4.74 Å². The number of hydrogen-bond donors (Lipinski definition) is 1. The van der Waals surface area contributed by atoms with Crippen molar-refractivity contribution in [3.05, 3.63) is 60.0 Å². The van der Waals surface area contributed by atoms with E-state index in [2.05, 4.69) is 36.2 Å². The first-order valence-corrected chi connectivity index (χ1v) is 6.84. The van der Waals surface area contributed by atoms with Crippen molar-refractivity contribution in [2.45, 2.75) is 12.5 Å². The van der Waals surface area contributed by atoms with Crippen LogP contribution in [-0.2, 0) is 15.1 Å². The van der Waals surface area contributed by atoms with Gasteiger partial charge in [-0.1, -0.05) is 12.1 Å². The Kier molecular flexibility index (Phi) is 3.09. The third kappa shape index (κ3) is 2.13. The van der Waals surface area contributed by atoms with Gasteiger partial charge in [-0.05, 0) is 42.1 Å². The van der Waals surface area contributed by atoms with Crippen molar-refractivity contribution < 1.29 is 9.53 Å². The van der Waals surface area contributed by atoms with Crippen molar-refractivity contribution in [2.24, 2.45) is 0 Å². The van der Waals surface area contributed by atoms with Crippen LogP contribution >= 0.6 is 0 Å². The molecule has 2 heterocycles. The zero-order valence-electron chi connectivity index (χ0n) is 12.4. The first kappa shape index (κ1) is 13.5. The Balaban J connectivity index is 2.00. The second-order valence-electron chi connectivity index (χ2n) is 5.45. The van der Waals surface area contributed by atoms with Gasteiger partial charge in [-0.2, -0.15) is 0 Å². The molecule has 108 valence electrons. The number of benzene rings is 1. The van der Waals surface area contributed by atoms with Gasteiger partial charge in [0.05, 0.1) is 18.2 Å². The minimum absolute atomic E-state index is 0.289. The number of aromatic nitrogens is 1. The standard InChI is InChI=1S/C17H18N2O2/c1-17(8-6-13(11-19(17)2)16(20)21-3)14-4-5-15-12(10-14)7-9-18-15/h4-11,18H,1-3H3/t17-/m1/s1. The van der Waals surface area contributed by atoms with E-state index in [0.29, 0.717) is 5.57 Å². The molecule has 1 aliphatic rings. The molecule has 0 saturated carbocycles. The van der Waals surface area contributed by atoms with Crippen LogP contribution in [0.15, 0.2) is 54.4 Å². The van der Waals surface area contributed by atoms with Crippen molar-refractivity contribution in [2.75, 3.05) is 14.2 Å².